The number of hydrogen-bond donors (Lipinski definition) is 0. The van der Waals surface area contributed by atoms with E-state index in [1.54, 1.807) is 25.1 Å². The molecule has 3 aromatic rings. The summed E-state index contributed by atoms with van der Waals surface area (Å²) in [6.45, 7) is 6.43. The van der Waals surface area contributed by atoms with Crippen LogP contribution in [0.1, 0.15) is 55.1 Å². The van der Waals surface area contributed by atoms with Gasteiger partial charge < -0.3 is 14.0 Å². The van der Waals surface area contributed by atoms with Gasteiger partial charge >= 0.3 is 0 Å². The van der Waals surface area contributed by atoms with Crippen LogP contribution in [0.5, 0.6) is 11.5 Å². The maximum Gasteiger partial charge on any atom is 0.170 e. The fourth-order valence-electron chi connectivity index (χ4n) is 4.25. The van der Waals surface area contributed by atoms with Gasteiger partial charge in [-0.2, -0.15) is 0 Å². The number of ether oxygens (including phenoxy) is 2. The second-order valence-electron chi connectivity index (χ2n) is 8.25. The van der Waals surface area contributed by atoms with Crippen LogP contribution in [0.2, 0.25) is 0 Å². The summed E-state index contributed by atoms with van der Waals surface area (Å²) in [4.78, 5) is 14.1. The van der Waals surface area contributed by atoms with Crippen LogP contribution in [0.4, 0.5) is 4.39 Å². The molecule has 8 heteroatoms. The van der Waals surface area contributed by atoms with Gasteiger partial charge in [0.05, 0.1) is 23.0 Å². The minimum absolute atomic E-state index is 0.00442. The maximum absolute atomic E-state index is 13.4. The molecule has 33 heavy (non-hydrogen) atoms. The Morgan fingerprint density at radius 1 is 1.24 bits per heavy atom. The lowest BCUT2D eigenvalue weighted by Gasteiger charge is -2.36. The molecule has 0 amide bonds. The summed E-state index contributed by atoms with van der Waals surface area (Å²) in [5, 5.41) is 5.16. The number of halogens is 2. The van der Waals surface area contributed by atoms with Crippen LogP contribution in [0.15, 0.2) is 40.9 Å². The second-order valence-corrected chi connectivity index (χ2v) is 9.69. The van der Waals surface area contributed by atoms with Gasteiger partial charge in [0.25, 0.3) is 0 Å². The van der Waals surface area contributed by atoms with Crippen LogP contribution in [0.3, 0.4) is 0 Å². The van der Waals surface area contributed by atoms with Crippen molar-refractivity contribution in [1.82, 2.24) is 10.1 Å². The van der Waals surface area contributed by atoms with Crippen LogP contribution in [0.25, 0.3) is 11.0 Å². The van der Waals surface area contributed by atoms with E-state index < -0.39 is 0 Å². The first kappa shape index (κ1) is 23.9. The third-order valence-corrected chi connectivity index (χ3v) is 7.28. The third-order valence-electron chi connectivity index (χ3n) is 5.99. The number of hydrogen-bond acceptors (Lipinski definition) is 6. The molecule has 4 rings (SSSR count). The molecular weight excluding hydrogens is 538 g/mol. The molecule has 0 saturated carbocycles. The molecule has 0 bridgehead atoms. The van der Waals surface area contributed by atoms with Crippen LogP contribution >= 0.6 is 22.6 Å². The van der Waals surface area contributed by atoms with E-state index in [0.717, 1.165) is 43.4 Å². The highest BCUT2D eigenvalue weighted by molar-refractivity contribution is 14.1. The predicted octanol–water partition coefficient (Wildman–Crippen LogP) is 5.98. The van der Waals surface area contributed by atoms with Gasteiger partial charge in [-0.3, -0.25) is 9.69 Å². The van der Waals surface area contributed by atoms with Gasteiger partial charge in [0.15, 0.2) is 22.9 Å². The smallest absolute Gasteiger partial charge is 0.170 e. The van der Waals surface area contributed by atoms with Crippen molar-refractivity contribution >= 4 is 39.3 Å². The highest BCUT2D eigenvalue weighted by atomic mass is 127. The zero-order valence-electron chi connectivity index (χ0n) is 18.9. The average Bonchev–Trinajstić information content (AvgIpc) is 3.21. The number of likely N-dealkylation sites (tertiary alicyclic amines) is 1. The van der Waals surface area contributed by atoms with Crippen molar-refractivity contribution in [2.75, 3.05) is 26.3 Å². The van der Waals surface area contributed by atoms with Crippen LogP contribution < -0.4 is 9.47 Å². The summed E-state index contributed by atoms with van der Waals surface area (Å²) >= 11 is 2.49. The number of fused-ring (bicyclic) bond motifs is 1. The molecule has 176 valence electrons. The molecule has 2 unspecified atom stereocenters. The number of alkyl halides is 1. The van der Waals surface area contributed by atoms with Crippen LogP contribution in [0, 0.1) is 5.82 Å². The van der Waals surface area contributed by atoms with Gasteiger partial charge in [-0.05, 0) is 70.0 Å². The number of benzene rings is 2. The topological polar surface area (TPSA) is 64.8 Å². The van der Waals surface area contributed by atoms with Crippen molar-refractivity contribution in [3.8, 4) is 11.5 Å². The lowest BCUT2D eigenvalue weighted by molar-refractivity contribution is 0.101. The summed E-state index contributed by atoms with van der Waals surface area (Å²) < 4.78 is 30.8. The molecule has 0 aliphatic carbocycles. The van der Waals surface area contributed by atoms with Crippen molar-refractivity contribution in [1.29, 1.82) is 0 Å². The molecule has 1 aliphatic heterocycles. The Hall–Kier alpha value is -2.20. The first-order valence-electron chi connectivity index (χ1n) is 11.3. The van der Waals surface area contributed by atoms with Crippen molar-refractivity contribution in [2.45, 2.75) is 43.1 Å². The SMILES string of the molecule is CCOc1cc(C(C)=O)ccc1OCCCN1CCC(c2noc3cc(F)ccc23)CC1I. The van der Waals surface area contributed by atoms with E-state index in [0.29, 0.717) is 45.8 Å². The fraction of sp³-hybridized carbons (Fsp3) is 0.440. The van der Waals surface area contributed by atoms with Gasteiger partial charge in [-0.25, -0.2) is 4.39 Å². The van der Waals surface area contributed by atoms with Gasteiger partial charge in [0.1, 0.15) is 5.82 Å². The Morgan fingerprint density at radius 2 is 2.09 bits per heavy atom. The zero-order valence-corrected chi connectivity index (χ0v) is 21.0. The number of piperidine rings is 1. The fourth-order valence-corrected chi connectivity index (χ4v) is 5.42. The van der Waals surface area contributed by atoms with Gasteiger partial charge in [0, 0.05) is 29.5 Å². The molecule has 6 nitrogen and oxygen atoms in total. The molecule has 0 N–H and O–H groups in total. The molecule has 0 spiro atoms. The second kappa shape index (κ2) is 10.8. The monoisotopic (exact) mass is 566 g/mol. The van der Waals surface area contributed by atoms with Crippen molar-refractivity contribution in [3.63, 3.8) is 0 Å². The van der Waals surface area contributed by atoms with Gasteiger partial charge in [-0.1, -0.05) is 27.7 Å². The molecule has 1 aromatic heterocycles. The maximum atomic E-state index is 13.4. The van der Waals surface area contributed by atoms with E-state index in [4.69, 9.17) is 14.0 Å². The van der Waals surface area contributed by atoms with Gasteiger partial charge in [-0.15, -0.1) is 0 Å². The number of nitrogens with zero attached hydrogens (tertiary/aromatic N) is 2. The van der Waals surface area contributed by atoms with Crippen LogP contribution in [-0.4, -0.2) is 46.2 Å². The number of aromatic nitrogens is 1. The average molecular weight is 566 g/mol. The van der Waals surface area contributed by atoms with Crippen molar-refractivity contribution in [2.24, 2.45) is 0 Å². The lowest BCUT2D eigenvalue weighted by Crippen LogP contribution is -2.39. The Balaban J connectivity index is 1.29. The largest absolute Gasteiger partial charge is 0.490 e. The Morgan fingerprint density at radius 3 is 2.85 bits per heavy atom. The van der Waals surface area contributed by atoms with E-state index in [2.05, 4.69) is 32.6 Å². The Kier molecular flexibility index (Phi) is 7.85. The molecule has 1 fully saturated rings. The number of ketones is 1. The first-order valence-corrected chi connectivity index (χ1v) is 12.5. The summed E-state index contributed by atoms with van der Waals surface area (Å²) in [7, 11) is 0. The molecule has 0 radical (unpaired) electrons. The van der Waals surface area contributed by atoms with Crippen LogP contribution in [-0.2, 0) is 0 Å². The number of carbonyl (C=O) groups is 1. The standard InChI is InChI=1S/C25H28FIN2O4/c1-3-31-23-13-17(16(2)30)5-8-21(23)32-12-4-10-29-11-9-18(14-24(29)27)25-20-7-6-19(26)15-22(20)33-28-25/h5-8,13,15,18,24H,3-4,9-12,14H2,1-2H3. The van der Waals surface area contributed by atoms with E-state index in [1.807, 2.05) is 13.0 Å². The minimum Gasteiger partial charge on any atom is -0.490 e. The Bertz CT molecular complexity index is 1120. The van der Waals surface area contributed by atoms with E-state index >= 15 is 0 Å². The number of Topliss-reactive ketones (excluding diaryl/α,β-unsaturated/α-hetero) is 1. The first-order chi connectivity index (χ1) is 16.0. The molecule has 1 saturated heterocycles. The number of rotatable bonds is 9. The molecular formula is C25H28FIN2O4. The Labute approximate surface area is 206 Å². The lowest BCUT2D eigenvalue weighted by atomic mass is 9.91. The normalized spacial score (nSPS) is 19.0. The summed E-state index contributed by atoms with van der Waals surface area (Å²) in [6, 6.07) is 9.95. The summed E-state index contributed by atoms with van der Waals surface area (Å²) in [5.74, 6) is 1.28. The van der Waals surface area contributed by atoms with E-state index in [-0.39, 0.29) is 11.6 Å². The van der Waals surface area contributed by atoms with Gasteiger partial charge in [0.2, 0.25) is 0 Å². The highest BCUT2D eigenvalue weighted by Gasteiger charge is 2.30. The van der Waals surface area contributed by atoms with E-state index in [9.17, 15) is 9.18 Å². The van der Waals surface area contributed by atoms with E-state index in [1.165, 1.54) is 12.1 Å². The third kappa shape index (κ3) is 5.66. The molecule has 2 aromatic carbocycles. The molecule has 1 aliphatic rings. The predicted molar refractivity (Wildman–Crippen MR) is 133 cm³/mol. The van der Waals surface area contributed by atoms with Crippen molar-refractivity contribution in [3.05, 3.63) is 53.5 Å². The highest BCUT2D eigenvalue weighted by Crippen LogP contribution is 2.37. The quantitative estimate of drug-likeness (QED) is 0.105. The number of carbonyl (C=O) groups excluding carboxylic acids is 1. The zero-order chi connectivity index (χ0) is 23.4. The summed E-state index contributed by atoms with van der Waals surface area (Å²) in [5.41, 5.74) is 2.07. The summed E-state index contributed by atoms with van der Waals surface area (Å²) in [6.07, 6.45) is 2.85. The molecule has 2 atom stereocenters. The minimum atomic E-state index is -0.308. The van der Waals surface area contributed by atoms with Crippen molar-refractivity contribution < 1.29 is 23.2 Å². The molecule has 2 heterocycles.